The molecule has 37 heavy (non-hydrogen) atoms. The number of nitrogens with one attached hydrogen (secondary N) is 1. The maximum Gasteiger partial charge on any atom is 0.412 e. The van der Waals surface area contributed by atoms with Crippen LogP contribution >= 0.6 is 11.6 Å². The minimum Gasteiger partial charge on any atom is -0.465 e. The van der Waals surface area contributed by atoms with Crippen LogP contribution in [0.3, 0.4) is 0 Å². The van der Waals surface area contributed by atoms with E-state index in [1.165, 1.54) is 11.1 Å². The summed E-state index contributed by atoms with van der Waals surface area (Å²) in [4.78, 5) is 17.5. The molecular weight excluding hydrogens is 490 g/mol. The molecule has 0 radical (unpaired) electrons. The van der Waals surface area contributed by atoms with Gasteiger partial charge >= 0.3 is 6.09 Å². The Bertz CT molecular complexity index is 1380. The fourth-order valence-corrected chi connectivity index (χ4v) is 5.20. The molecule has 1 atom stereocenters. The van der Waals surface area contributed by atoms with Crippen molar-refractivity contribution in [1.82, 2.24) is 9.55 Å². The van der Waals surface area contributed by atoms with Crippen LogP contribution in [0, 0.1) is 16.7 Å². The van der Waals surface area contributed by atoms with E-state index in [0.717, 1.165) is 35.3 Å². The molecule has 3 N–H and O–H groups in total. The molecule has 1 aliphatic heterocycles. The molecule has 0 saturated heterocycles. The van der Waals surface area contributed by atoms with Gasteiger partial charge in [0.25, 0.3) is 0 Å². The average molecular weight is 522 g/mol. The topological polar surface area (TPSA) is 114 Å². The number of rotatable bonds is 6. The number of aliphatic hydroxyl groups excluding tert-OH is 1. The normalized spacial score (nSPS) is 15.1. The molecule has 1 amide bonds. The Balaban J connectivity index is 1.56. The number of fused-ring (bicyclic) bond motifs is 1. The quantitative estimate of drug-likeness (QED) is 0.347. The Labute approximate surface area is 222 Å². The van der Waals surface area contributed by atoms with Crippen molar-refractivity contribution in [1.29, 1.82) is 5.26 Å². The van der Waals surface area contributed by atoms with Gasteiger partial charge in [-0.1, -0.05) is 37.6 Å². The van der Waals surface area contributed by atoms with Crippen molar-refractivity contribution in [2.24, 2.45) is 5.41 Å². The molecule has 0 fully saturated rings. The molecule has 8 nitrogen and oxygen atoms in total. The number of carboxylic acid groups (broad SMARTS) is 1. The van der Waals surface area contributed by atoms with Crippen LogP contribution in [-0.4, -0.2) is 37.6 Å². The van der Waals surface area contributed by atoms with Crippen LogP contribution in [0.1, 0.15) is 51.6 Å². The zero-order valence-electron chi connectivity index (χ0n) is 21.7. The highest BCUT2D eigenvalue weighted by Crippen LogP contribution is 2.42. The molecule has 4 rings (SSSR count). The summed E-state index contributed by atoms with van der Waals surface area (Å²) in [5, 5.41) is 33.6. The zero-order chi connectivity index (χ0) is 27.1. The van der Waals surface area contributed by atoms with Gasteiger partial charge in [0.1, 0.15) is 23.8 Å². The number of aromatic nitrogens is 2. The van der Waals surface area contributed by atoms with Crippen molar-refractivity contribution in [2.75, 3.05) is 10.2 Å². The molecular formula is C28H32ClN5O3. The minimum atomic E-state index is -1.04. The van der Waals surface area contributed by atoms with E-state index >= 15 is 0 Å². The van der Waals surface area contributed by atoms with Gasteiger partial charge in [-0.15, -0.1) is 0 Å². The van der Waals surface area contributed by atoms with E-state index in [2.05, 4.69) is 34.8 Å². The number of pyridine rings is 1. The molecule has 1 aliphatic rings. The summed E-state index contributed by atoms with van der Waals surface area (Å²) in [7, 11) is 0. The van der Waals surface area contributed by atoms with Gasteiger partial charge in [-0.3, -0.25) is 4.90 Å². The Hall–Kier alpha value is -3.54. The second kappa shape index (κ2) is 9.73. The molecule has 3 aromatic rings. The lowest BCUT2D eigenvalue weighted by Gasteiger charge is -2.33. The molecule has 1 unspecified atom stereocenters. The van der Waals surface area contributed by atoms with E-state index in [-0.39, 0.29) is 11.8 Å². The maximum absolute atomic E-state index is 11.9. The number of nitrogens with zero attached hydrogens (tertiary/aromatic N) is 4. The van der Waals surface area contributed by atoms with Crippen molar-refractivity contribution in [3.05, 3.63) is 64.6 Å². The van der Waals surface area contributed by atoms with Crippen LogP contribution < -0.4 is 10.2 Å². The Kier molecular flexibility index (Phi) is 6.97. The van der Waals surface area contributed by atoms with Gasteiger partial charge in [0.05, 0.1) is 5.02 Å². The van der Waals surface area contributed by atoms with Crippen molar-refractivity contribution in [3.63, 3.8) is 0 Å². The lowest BCUT2D eigenvalue weighted by molar-refractivity contribution is 0.195. The van der Waals surface area contributed by atoms with Gasteiger partial charge in [0, 0.05) is 47.2 Å². The predicted octanol–water partition coefficient (Wildman–Crippen LogP) is 5.91. The summed E-state index contributed by atoms with van der Waals surface area (Å²) in [5.74, 6) is 0.445. The van der Waals surface area contributed by atoms with E-state index < -0.39 is 17.9 Å². The molecule has 0 bridgehead atoms. The number of amides is 1. The second-order valence-electron chi connectivity index (χ2n) is 11.3. The fraction of sp³-hybridized carbons (Fsp3) is 0.393. The molecule has 9 heteroatoms. The minimum absolute atomic E-state index is 0.0471. The van der Waals surface area contributed by atoms with Gasteiger partial charge < -0.3 is 20.1 Å². The monoisotopic (exact) mass is 521 g/mol. The van der Waals surface area contributed by atoms with Crippen molar-refractivity contribution >= 4 is 29.2 Å². The van der Waals surface area contributed by atoms with E-state index in [0.29, 0.717) is 22.2 Å². The van der Waals surface area contributed by atoms with Crippen LogP contribution in [0.4, 0.5) is 16.3 Å². The first-order valence-electron chi connectivity index (χ1n) is 12.1. The smallest absolute Gasteiger partial charge is 0.412 e. The van der Waals surface area contributed by atoms with Gasteiger partial charge in [-0.05, 0) is 62.4 Å². The zero-order valence-corrected chi connectivity index (χ0v) is 22.5. The standard InChI is InChI=1S/C28H32ClN5O3/c1-27(2,3)34(26(36)37)18-8-6-7-17(9-18)10-25(35)32-24-12-20(22(29)15-31-24)21-11-19(14-30)33-16-28(4,5)13-23(21)33/h6-9,11-12,15,25,35H,10,13,16H2,1-5H3,(H,31,32)(H,36,37). The number of hydrogen-bond acceptors (Lipinski definition) is 5. The lowest BCUT2D eigenvalue weighted by atomic mass is 9.89. The van der Waals surface area contributed by atoms with Crippen molar-refractivity contribution < 1.29 is 15.0 Å². The average Bonchev–Trinajstić information content (AvgIpc) is 3.26. The van der Waals surface area contributed by atoms with Crippen molar-refractivity contribution in [2.45, 2.75) is 65.8 Å². The van der Waals surface area contributed by atoms with E-state index in [1.807, 2.05) is 32.9 Å². The number of hydrogen-bond donors (Lipinski definition) is 3. The third-order valence-electron chi connectivity index (χ3n) is 6.48. The van der Waals surface area contributed by atoms with Gasteiger partial charge in [-0.2, -0.15) is 5.26 Å². The summed E-state index contributed by atoms with van der Waals surface area (Å²) in [6.07, 6.45) is 0.585. The number of benzene rings is 1. The van der Waals surface area contributed by atoms with Crippen LogP contribution in [0.2, 0.25) is 5.02 Å². The lowest BCUT2D eigenvalue weighted by Crippen LogP contribution is -2.45. The first-order valence-corrected chi connectivity index (χ1v) is 12.5. The Morgan fingerprint density at radius 2 is 2.03 bits per heavy atom. The summed E-state index contributed by atoms with van der Waals surface area (Å²) < 4.78 is 2.05. The summed E-state index contributed by atoms with van der Waals surface area (Å²) in [5.41, 5.74) is 4.05. The summed E-state index contributed by atoms with van der Waals surface area (Å²) in [6.45, 7) is 10.6. The van der Waals surface area contributed by atoms with Crippen LogP contribution in [0.25, 0.3) is 11.1 Å². The molecule has 3 heterocycles. The number of nitriles is 1. The van der Waals surface area contributed by atoms with Crippen molar-refractivity contribution in [3.8, 4) is 17.2 Å². The first-order chi connectivity index (χ1) is 17.3. The van der Waals surface area contributed by atoms with Crippen LogP contribution in [0.5, 0.6) is 0 Å². The van der Waals surface area contributed by atoms with E-state index in [1.54, 1.807) is 24.3 Å². The third-order valence-corrected chi connectivity index (χ3v) is 6.78. The number of anilines is 2. The van der Waals surface area contributed by atoms with E-state index in [9.17, 15) is 20.3 Å². The Morgan fingerprint density at radius 1 is 1.30 bits per heavy atom. The Morgan fingerprint density at radius 3 is 2.68 bits per heavy atom. The number of aliphatic hydroxyl groups is 1. The van der Waals surface area contributed by atoms with Crippen LogP contribution in [0.15, 0.2) is 42.6 Å². The highest BCUT2D eigenvalue weighted by Gasteiger charge is 2.33. The highest BCUT2D eigenvalue weighted by molar-refractivity contribution is 6.33. The number of carbonyl (C=O) groups is 1. The van der Waals surface area contributed by atoms with Gasteiger partial charge in [0.2, 0.25) is 0 Å². The largest absolute Gasteiger partial charge is 0.465 e. The molecule has 194 valence electrons. The molecule has 2 aromatic heterocycles. The SMILES string of the molecule is CC1(C)Cc2c(-c3cc(NC(O)Cc4cccc(N(C(=O)O)C(C)(C)C)c4)ncc3Cl)cc(C#N)n2C1. The highest BCUT2D eigenvalue weighted by atomic mass is 35.5. The van der Waals surface area contributed by atoms with Gasteiger partial charge in [0.15, 0.2) is 0 Å². The summed E-state index contributed by atoms with van der Waals surface area (Å²) in [6, 6.07) is 13.1. The number of halogens is 1. The van der Waals surface area contributed by atoms with Crippen LogP contribution in [-0.2, 0) is 19.4 Å². The first kappa shape index (κ1) is 26.5. The fourth-order valence-electron chi connectivity index (χ4n) is 5.00. The van der Waals surface area contributed by atoms with Gasteiger partial charge in [-0.25, -0.2) is 9.78 Å². The van der Waals surface area contributed by atoms with E-state index in [4.69, 9.17) is 11.6 Å². The molecule has 1 aromatic carbocycles. The predicted molar refractivity (Wildman–Crippen MR) is 145 cm³/mol. The second-order valence-corrected chi connectivity index (χ2v) is 11.7. The molecule has 0 saturated carbocycles. The third kappa shape index (κ3) is 5.58. The maximum atomic E-state index is 11.9. The molecule has 0 aliphatic carbocycles. The molecule has 0 spiro atoms. The summed E-state index contributed by atoms with van der Waals surface area (Å²) >= 11 is 6.53.